The van der Waals surface area contributed by atoms with Gasteiger partial charge in [0, 0.05) is 5.56 Å². The summed E-state index contributed by atoms with van der Waals surface area (Å²) in [5.41, 5.74) is 1.10. The van der Waals surface area contributed by atoms with Crippen molar-refractivity contribution in [2.75, 3.05) is 6.61 Å². The molecule has 0 heterocycles. The topological polar surface area (TPSA) is 66.8 Å². The van der Waals surface area contributed by atoms with E-state index in [0.717, 1.165) is 0 Å². The van der Waals surface area contributed by atoms with Crippen molar-refractivity contribution < 1.29 is 19.7 Å². The van der Waals surface area contributed by atoms with Crippen LogP contribution in [-0.2, 0) is 0 Å². The largest absolute Gasteiger partial charge is 0.508 e. The number of hydrogen-bond donors (Lipinski definition) is 2. The number of rotatable bonds is 5. The van der Waals surface area contributed by atoms with Crippen molar-refractivity contribution in [1.29, 1.82) is 0 Å². The van der Waals surface area contributed by atoms with E-state index in [4.69, 9.17) is 16.3 Å². The average Bonchev–Trinajstić information content (AvgIpc) is 2.50. The number of carbonyl (C=O) groups excluding carboxylic acids is 1. The number of ether oxygens (including phenoxy) is 1. The zero-order valence-corrected chi connectivity index (χ0v) is 12.7. The second-order valence-corrected chi connectivity index (χ2v) is 4.93. The molecular formula is C17H15ClO4. The third-order valence-corrected chi connectivity index (χ3v) is 3.22. The smallest absolute Gasteiger partial charge is 0.185 e. The van der Waals surface area contributed by atoms with Crippen LogP contribution in [0.2, 0.25) is 5.02 Å². The van der Waals surface area contributed by atoms with Crippen LogP contribution in [0.4, 0.5) is 0 Å². The lowest BCUT2D eigenvalue weighted by molar-refractivity contribution is 0.104. The molecule has 0 amide bonds. The number of carbonyl (C=O) groups is 1. The molecule has 0 saturated heterocycles. The molecule has 5 heteroatoms. The van der Waals surface area contributed by atoms with Crippen LogP contribution < -0.4 is 4.74 Å². The second kappa shape index (κ2) is 7.00. The van der Waals surface area contributed by atoms with Crippen molar-refractivity contribution in [3.63, 3.8) is 0 Å². The molecule has 2 aromatic carbocycles. The van der Waals surface area contributed by atoms with E-state index in [9.17, 15) is 15.0 Å². The van der Waals surface area contributed by atoms with Crippen LogP contribution in [-0.4, -0.2) is 22.6 Å². The number of halogens is 1. The summed E-state index contributed by atoms with van der Waals surface area (Å²) in [6, 6.07) is 9.12. The Labute approximate surface area is 133 Å². The summed E-state index contributed by atoms with van der Waals surface area (Å²) in [4.78, 5) is 12.0. The molecule has 2 rings (SSSR count). The van der Waals surface area contributed by atoms with E-state index in [1.807, 2.05) is 0 Å². The summed E-state index contributed by atoms with van der Waals surface area (Å²) < 4.78 is 5.28. The summed E-state index contributed by atoms with van der Waals surface area (Å²) in [5.74, 6) is 0.0478. The predicted molar refractivity (Wildman–Crippen MR) is 85.8 cm³/mol. The molecule has 0 aromatic heterocycles. The van der Waals surface area contributed by atoms with Crippen molar-refractivity contribution in [2.24, 2.45) is 0 Å². The molecule has 114 valence electrons. The second-order valence-electron chi connectivity index (χ2n) is 4.53. The molecule has 0 radical (unpaired) electrons. The van der Waals surface area contributed by atoms with Gasteiger partial charge in [0.05, 0.1) is 11.6 Å². The maximum Gasteiger partial charge on any atom is 0.185 e. The lowest BCUT2D eigenvalue weighted by atomic mass is 10.1. The Balaban J connectivity index is 2.22. The highest BCUT2D eigenvalue weighted by atomic mass is 35.5. The van der Waals surface area contributed by atoms with E-state index in [0.29, 0.717) is 17.7 Å². The van der Waals surface area contributed by atoms with Gasteiger partial charge in [0.2, 0.25) is 0 Å². The normalized spacial score (nSPS) is 10.8. The molecule has 0 fully saturated rings. The molecule has 2 N–H and O–H groups in total. The first-order chi connectivity index (χ1) is 10.5. The van der Waals surface area contributed by atoms with E-state index in [-0.39, 0.29) is 28.1 Å². The number of allylic oxidation sites excluding steroid dienone is 1. The molecule has 0 atom stereocenters. The molecule has 0 aliphatic rings. The number of phenols is 2. The van der Waals surface area contributed by atoms with Gasteiger partial charge < -0.3 is 14.9 Å². The highest BCUT2D eigenvalue weighted by Crippen LogP contribution is 2.35. The minimum absolute atomic E-state index is 0.104. The fourth-order valence-corrected chi connectivity index (χ4v) is 2.07. The molecular weight excluding hydrogens is 304 g/mol. The van der Waals surface area contributed by atoms with E-state index in [1.165, 1.54) is 30.3 Å². The van der Waals surface area contributed by atoms with Crippen LogP contribution in [0.3, 0.4) is 0 Å². The van der Waals surface area contributed by atoms with Crippen LogP contribution in [0.15, 0.2) is 42.5 Å². The Hall–Kier alpha value is -2.46. The fraction of sp³-hybridized carbons (Fsp3) is 0.118. The average molecular weight is 319 g/mol. The monoisotopic (exact) mass is 318 g/mol. The number of hydrogen-bond acceptors (Lipinski definition) is 4. The number of phenolic OH excluding ortho intramolecular Hbond substituents is 2. The Kier molecular flexibility index (Phi) is 5.07. The maximum absolute atomic E-state index is 12.0. The lowest BCUT2D eigenvalue weighted by Gasteiger charge is -2.08. The molecule has 4 nitrogen and oxygen atoms in total. The van der Waals surface area contributed by atoms with Gasteiger partial charge in [0.25, 0.3) is 0 Å². The molecule has 0 aliphatic carbocycles. The van der Waals surface area contributed by atoms with Gasteiger partial charge in [-0.25, -0.2) is 0 Å². The van der Waals surface area contributed by atoms with Crippen LogP contribution in [0, 0.1) is 0 Å². The van der Waals surface area contributed by atoms with Gasteiger partial charge in [0.1, 0.15) is 5.75 Å². The van der Waals surface area contributed by atoms with Crippen LogP contribution in [0.1, 0.15) is 22.8 Å². The van der Waals surface area contributed by atoms with Gasteiger partial charge in [-0.15, -0.1) is 0 Å². The third-order valence-electron chi connectivity index (χ3n) is 2.93. The first-order valence-electron chi connectivity index (χ1n) is 6.68. The van der Waals surface area contributed by atoms with Crippen LogP contribution in [0.25, 0.3) is 6.08 Å². The fourth-order valence-electron chi connectivity index (χ4n) is 1.85. The Morgan fingerprint density at radius 1 is 1.23 bits per heavy atom. The van der Waals surface area contributed by atoms with Gasteiger partial charge in [-0.3, -0.25) is 4.79 Å². The van der Waals surface area contributed by atoms with Crippen molar-refractivity contribution >= 4 is 23.5 Å². The van der Waals surface area contributed by atoms with Gasteiger partial charge in [-0.05, 0) is 55.0 Å². The number of aromatic hydroxyl groups is 2. The van der Waals surface area contributed by atoms with Gasteiger partial charge >= 0.3 is 0 Å². The third kappa shape index (κ3) is 3.80. The summed E-state index contributed by atoms with van der Waals surface area (Å²) in [7, 11) is 0. The van der Waals surface area contributed by atoms with E-state index in [1.54, 1.807) is 25.1 Å². The van der Waals surface area contributed by atoms with Gasteiger partial charge in [-0.1, -0.05) is 17.7 Å². The molecule has 0 spiro atoms. The van der Waals surface area contributed by atoms with Crippen molar-refractivity contribution in [3.8, 4) is 17.2 Å². The Bertz CT molecular complexity index is 705. The Morgan fingerprint density at radius 2 is 1.91 bits per heavy atom. The highest BCUT2D eigenvalue weighted by Gasteiger charge is 2.09. The molecule has 0 unspecified atom stereocenters. The molecule has 2 aromatic rings. The zero-order chi connectivity index (χ0) is 16.1. The summed E-state index contributed by atoms with van der Waals surface area (Å²) >= 11 is 5.93. The summed E-state index contributed by atoms with van der Waals surface area (Å²) in [6.07, 6.45) is 2.98. The van der Waals surface area contributed by atoms with Crippen LogP contribution in [0.5, 0.6) is 17.2 Å². The van der Waals surface area contributed by atoms with Gasteiger partial charge in [-0.2, -0.15) is 0 Å². The highest BCUT2D eigenvalue weighted by molar-refractivity contribution is 6.32. The molecule has 0 bridgehead atoms. The molecule has 0 saturated carbocycles. The first kappa shape index (κ1) is 15.9. The molecule has 0 aliphatic heterocycles. The van der Waals surface area contributed by atoms with Crippen molar-refractivity contribution in [2.45, 2.75) is 6.92 Å². The SMILES string of the molecule is CCOc1cc(/C=C/C(=O)c2ccc(O)cc2)cc(Cl)c1O. The minimum Gasteiger partial charge on any atom is -0.508 e. The minimum atomic E-state index is -0.206. The standard InChI is InChI=1S/C17H15ClO4/c1-2-22-16-10-11(9-14(18)17(16)21)3-8-15(20)12-4-6-13(19)7-5-12/h3-10,19,21H,2H2,1H3/b8-3+. The Morgan fingerprint density at radius 3 is 2.55 bits per heavy atom. The quantitative estimate of drug-likeness (QED) is 0.645. The predicted octanol–water partition coefficient (Wildman–Crippen LogP) is 4.05. The first-order valence-corrected chi connectivity index (χ1v) is 7.05. The van der Waals surface area contributed by atoms with E-state index < -0.39 is 0 Å². The molecule has 22 heavy (non-hydrogen) atoms. The summed E-state index contributed by atoms with van der Waals surface area (Å²) in [6.45, 7) is 2.19. The van der Waals surface area contributed by atoms with E-state index >= 15 is 0 Å². The van der Waals surface area contributed by atoms with Crippen LogP contribution >= 0.6 is 11.6 Å². The maximum atomic E-state index is 12.0. The zero-order valence-electron chi connectivity index (χ0n) is 11.9. The number of ketones is 1. The lowest BCUT2D eigenvalue weighted by Crippen LogP contribution is -1.94. The van der Waals surface area contributed by atoms with Crippen molar-refractivity contribution in [1.82, 2.24) is 0 Å². The van der Waals surface area contributed by atoms with E-state index in [2.05, 4.69) is 0 Å². The van der Waals surface area contributed by atoms with Crippen molar-refractivity contribution in [3.05, 3.63) is 58.6 Å². The summed E-state index contributed by atoms with van der Waals surface area (Å²) in [5, 5.41) is 19.1. The number of benzene rings is 2. The van der Waals surface area contributed by atoms with Gasteiger partial charge in [0.15, 0.2) is 17.3 Å².